The lowest BCUT2D eigenvalue weighted by Gasteiger charge is -2.23. The molecule has 1 atom stereocenters. The normalized spacial score (nSPS) is 16.1. The standard InChI is InChI=1S/C22H18ClFN2O4S2/c1-12-18(21(28)30-9-8-29-2)19(16-7-4-10-31-16)26-20(27)17(32-22(26)25-12)11-13-14(23)5-3-6-15(13)24/h3-7,10-11,19H,8-9H2,1-2H3/b17-11-/t19-/m0/s1. The molecule has 0 unspecified atom stereocenters. The number of esters is 1. The zero-order valence-corrected chi connectivity index (χ0v) is 19.5. The lowest BCUT2D eigenvalue weighted by molar-refractivity contribution is -0.140. The summed E-state index contributed by atoms with van der Waals surface area (Å²) in [5, 5.41) is 2.07. The summed E-state index contributed by atoms with van der Waals surface area (Å²) >= 11 is 8.67. The highest BCUT2D eigenvalue weighted by molar-refractivity contribution is 7.10. The van der Waals surface area contributed by atoms with Gasteiger partial charge in [-0.1, -0.05) is 35.1 Å². The minimum atomic E-state index is -0.695. The third-order valence-electron chi connectivity index (χ3n) is 4.85. The molecule has 0 fully saturated rings. The summed E-state index contributed by atoms with van der Waals surface area (Å²) < 4.78 is 26.3. The molecule has 0 spiro atoms. The second kappa shape index (κ2) is 9.50. The van der Waals surface area contributed by atoms with E-state index in [1.54, 1.807) is 13.0 Å². The lowest BCUT2D eigenvalue weighted by Crippen LogP contribution is -2.39. The van der Waals surface area contributed by atoms with Crippen LogP contribution in [-0.4, -0.2) is 30.9 Å². The molecule has 2 aromatic heterocycles. The molecule has 0 aliphatic carbocycles. The molecule has 0 bridgehead atoms. The number of nitrogens with zero attached hydrogens (tertiary/aromatic N) is 2. The van der Waals surface area contributed by atoms with Gasteiger partial charge in [-0.05, 0) is 36.6 Å². The first kappa shape index (κ1) is 22.6. The molecule has 0 amide bonds. The van der Waals surface area contributed by atoms with Gasteiger partial charge < -0.3 is 9.47 Å². The van der Waals surface area contributed by atoms with E-state index in [9.17, 15) is 14.0 Å². The summed E-state index contributed by atoms with van der Waals surface area (Å²) in [7, 11) is 1.51. The van der Waals surface area contributed by atoms with Crippen LogP contribution in [0.3, 0.4) is 0 Å². The molecular formula is C22H18ClFN2O4S2. The van der Waals surface area contributed by atoms with E-state index in [-0.39, 0.29) is 39.5 Å². The number of allylic oxidation sites excluding steroid dienone is 1. The highest BCUT2D eigenvalue weighted by atomic mass is 35.5. The topological polar surface area (TPSA) is 69.9 Å². The van der Waals surface area contributed by atoms with Gasteiger partial charge in [0.15, 0.2) is 4.80 Å². The molecule has 10 heteroatoms. The largest absolute Gasteiger partial charge is 0.460 e. The number of carbonyl (C=O) groups excluding carboxylic acids is 1. The number of thiophene rings is 1. The predicted molar refractivity (Wildman–Crippen MR) is 122 cm³/mol. The number of hydrogen-bond donors (Lipinski definition) is 0. The van der Waals surface area contributed by atoms with Gasteiger partial charge in [-0.2, -0.15) is 0 Å². The summed E-state index contributed by atoms with van der Waals surface area (Å²) in [5.41, 5.74) is 0.483. The number of aromatic nitrogens is 1. The van der Waals surface area contributed by atoms with Crippen LogP contribution in [0, 0.1) is 5.82 Å². The lowest BCUT2D eigenvalue weighted by atomic mass is 10.0. The highest BCUT2D eigenvalue weighted by Gasteiger charge is 2.34. The maximum absolute atomic E-state index is 14.3. The number of ether oxygens (including phenoxy) is 2. The van der Waals surface area contributed by atoms with Crippen LogP contribution in [0.4, 0.5) is 4.39 Å². The van der Waals surface area contributed by atoms with E-state index in [0.29, 0.717) is 10.5 Å². The van der Waals surface area contributed by atoms with Crippen molar-refractivity contribution in [1.82, 2.24) is 4.57 Å². The van der Waals surface area contributed by atoms with Crippen LogP contribution in [0.25, 0.3) is 6.08 Å². The van der Waals surface area contributed by atoms with Gasteiger partial charge in [0, 0.05) is 17.6 Å². The summed E-state index contributed by atoms with van der Waals surface area (Å²) in [6, 6.07) is 7.33. The van der Waals surface area contributed by atoms with Gasteiger partial charge in [-0.15, -0.1) is 11.3 Å². The Morgan fingerprint density at radius 2 is 2.12 bits per heavy atom. The Labute approximate surface area is 195 Å². The summed E-state index contributed by atoms with van der Waals surface area (Å²) in [6.45, 7) is 2.04. The van der Waals surface area contributed by atoms with Crippen LogP contribution in [0.2, 0.25) is 5.02 Å². The van der Waals surface area contributed by atoms with Gasteiger partial charge in [0.1, 0.15) is 18.5 Å². The molecule has 0 radical (unpaired) electrons. The van der Waals surface area contributed by atoms with E-state index in [1.807, 2.05) is 17.5 Å². The minimum Gasteiger partial charge on any atom is -0.460 e. The molecular weight excluding hydrogens is 475 g/mol. The van der Waals surface area contributed by atoms with Gasteiger partial charge in [0.2, 0.25) is 0 Å². The third-order valence-corrected chi connectivity index (χ3v) is 7.09. The SMILES string of the molecule is COCCOC(=O)C1=C(C)N=c2s/c(=C\c3c(F)cccc3Cl)c(=O)n2[C@H]1c1cccs1. The Morgan fingerprint density at radius 1 is 1.31 bits per heavy atom. The summed E-state index contributed by atoms with van der Waals surface area (Å²) in [4.78, 5) is 32.0. The zero-order valence-electron chi connectivity index (χ0n) is 17.1. The smallest absolute Gasteiger partial charge is 0.338 e. The van der Waals surface area contributed by atoms with E-state index >= 15 is 0 Å². The molecule has 3 aromatic rings. The monoisotopic (exact) mass is 492 g/mol. The maximum atomic E-state index is 14.3. The number of rotatable bonds is 6. The van der Waals surface area contributed by atoms with Crippen LogP contribution in [-0.2, 0) is 14.3 Å². The predicted octanol–water partition coefficient (Wildman–Crippen LogP) is 3.28. The average Bonchev–Trinajstić information content (AvgIpc) is 3.39. The van der Waals surface area contributed by atoms with Crippen LogP contribution >= 0.6 is 34.3 Å². The molecule has 0 saturated carbocycles. The molecule has 3 heterocycles. The first-order valence-corrected chi connectivity index (χ1v) is 11.7. The van der Waals surface area contributed by atoms with Crippen LogP contribution in [0.15, 0.2) is 56.8 Å². The Balaban J connectivity index is 1.89. The fourth-order valence-electron chi connectivity index (χ4n) is 3.37. The minimum absolute atomic E-state index is 0.0828. The quantitative estimate of drug-likeness (QED) is 0.391. The maximum Gasteiger partial charge on any atom is 0.338 e. The number of hydrogen-bond acceptors (Lipinski definition) is 7. The highest BCUT2D eigenvalue weighted by Crippen LogP contribution is 2.33. The van der Waals surface area contributed by atoms with Crippen molar-refractivity contribution in [1.29, 1.82) is 0 Å². The number of thiazole rings is 1. The molecule has 1 aliphatic heterocycles. The van der Waals surface area contributed by atoms with Crippen LogP contribution in [0.5, 0.6) is 0 Å². The van der Waals surface area contributed by atoms with Crippen molar-refractivity contribution in [2.75, 3.05) is 20.3 Å². The van der Waals surface area contributed by atoms with Crippen molar-refractivity contribution in [3.05, 3.63) is 88.0 Å². The molecule has 166 valence electrons. The molecule has 0 N–H and O–H groups in total. The molecule has 32 heavy (non-hydrogen) atoms. The number of fused-ring (bicyclic) bond motifs is 1. The van der Waals surface area contributed by atoms with Gasteiger partial charge in [-0.3, -0.25) is 9.36 Å². The fraction of sp³-hybridized carbons (Fsp3) is 0.227. The van der Waals surface area contributed by atoms with Crippen molar-refractivity contribution in [3.8, 4) is 0 Å². The number of halogens is 2. The zero-order chi connectivity index (χ0) is 22.8. The number of benzene rings is 1. The van der Waals surface area contributed by atoms with E-state index in [1.165, 1.54) is 41.2 Å². The molecule has 4 rings (SSSR count). The Bertz CT molecular complexity index is 1360. The van der Waals surface area contributed by atoms with Gasteiger partial charge in [0.25, 0.3) is 5.56 Å². The van der Waals surface area contributed by atoms with Crippen molar-refractivity contribution in [2.45, 2.75) is 13.0 Å². The van der Waals surface area contributed by atoms with Crippen molar-refractivity contribution in [2.24, 2.45) is 4.99 Å². The molecule has 0 saturated heterocycles. The summed E-state index contributed by atoms with van der Waals surface area (Å²) in [5.74, 6) is -1.09. The van der Waals surface area contributed by atoms with E-state index < -0.39 is 17.8 Å². The van der Waals surface area contributed by atoms with Crippen molar-refractivity contribution in [3.63, 3.8) is 0 Å². The van der Waals surface area contributed by atoms with Crippen molar-refractivity contribution >= 4 is 46.3 Å². The van der Waals surface area contributed by atoms with Gasteiger partial charge >= 0.3 is 5.97 Å². The van der Waals surface area contributed by atoms with Gasteiger partial charge in [-0.25, -0.2) is 14.2 Å². The van der Waals surface area contributed by atoms with E-state index in [4.69, 9.17) is 21.1 Å². The van der Waals surface area contributed by atoms with E-state index in [2.05, 4.69) is 4.99 Å². The molecule has 1 aliphatic rings. The third kappa shape index (κ3) is 4.21. The Kier molecular flexibility index (Phi) is 6.71. The first-order valence-electron chi connectivity index (χ1n) is 9.58. The molecule has 1 aromatic carbocycles. The Hall–Kier alpha value is -2.59. The number of carbonyl (C=O) groups is 1. The second-order valence-electron chi connectivity index (χ2n) is 6.86. The fourth-order valence-corrected chi connectivity index (χ4v) is 5.44. The number of methoxy groups -OCH3 is 1. The van der Waals surface area contributed by atoms with Crippen LogP contribution in [0.1, 0.15) is 23.4 Å². The second-order valence-corrected chi connectivity index (χ2v) is 9.26. The average molecular weight is 493 g/mol. The Morgan fingerprint density at radius 3 is 2.81 bits per heavy atom. The first-order chi connectivity index (χ1) is 15.4. The van der Waals surface area contributed by atoms with Gasteiger partial charge in [0.05, 0.1) is 27.4 Å². The summed E-state index contributed by atoms with van der Waals surface area (Å²) in [6.07, 6.45) is 1.42. The van der Waals surface area contributed by atoms with E-state index in [0.717, 1.165) is 16.2 Å². The molecule has 6 nitrogen and oxygen atoms in total. The van der Waals surface area contributed by atoms with Crippen molar-refractivity contribution < 1.29 is 18.7 Å². The van der Waals surface area contributed by atoms with Crippen LogP contribution < -0.4 is 14.9 Å².